The van der Waals surface area contributed by atoms with Crippen molar-refractivity contribution in [2.24, 2.45) is 5.41 Å². The largest absolute Gasteiger partial charge is 0.495 e. The van der Waals surface area contributed by atoms with Crippen molar-refractivity contribution in [2.75, 3.05) is 46.9 Å². The van der Waals surface area contributed by atoms with Crippen LogP contribution in [0.2, 0.25) is 0 Å². The Labute approximate surface area is 204 Å². The molecule has 186 valence electrons. The number of sulfonamides is 1. The minimum absolute atomic E-state index is 0.00287. The summed E-state index contributed by atoms with van der Waals surface area (Å²) in [7, 11) is -0.898. The Morgan fingerprint density at radius 3 is 2.26 bits per heavy atom. The van der Waals surface area contributed by atoms with Gasteiger partial charge in [0.15, 0.2) is 0 Å². The molecule has 8 heteroatoms. The Balaban J connectivity index is 1.74. The zero-order valence-corrected chi connectivity index (χ0v) is 21.8. The third-order valence-corrected chi connectivity index (χ3v) is 8.01. The average molecular weight is 488 g/mol. The van der Waals surface area contributed by atoms with Crippen molar-refractivity contribution >= 4 is 15.9 Å². The molecule has 2 aromatic carbocycles. The Kier molecular flexibility index (Phi) is 8.38. The van der Waals surface area contributed by atoms with E-state index in [1.54, 1.807) is 17.0 Å². The van der Waals surface area contributed by atoms with Crippen LogP contribution in [0, 0.1) is 5.41 Å². The highest BCUT2D eigenvalue weighted by Gasteiger charge is 2.28. The molecule has 3 rings (SSSR count). The maximum absolute atomic E-state index is 13.4. The topological polar surface area (TPSA) is 70.2 Å². The summed E-state index contributed by atoms with van der Waals surface area (Å²) in [5, 5.41) is 0. The normalized spacial score (nSPS) is 15.5. The summed E-state index contributed by atoms with van der Waals surface area (Å²) in [4.78, 5) is 17.4. The van der Waals surface area contributed by atoms with Crippen molar-refractivity contribution < 1.29 is 17.9 Å². The van der Waals surface area contributed by atoms with Crippen LogP contribution < -0.4 is 4.74 Å². The minimum atomic E-state index is -3.87. The van der Waals surface area contributed by atoms with Crippen LogP contribution in [0.3, 0.4) is 0 Å². The van der Waals surface area contributed by atoms with Gasteiger partial charge in [-0.15, -0.1) is 0 Å². The number of piperazine rings is 1. The van der Waals surface area contributed by atoms with Crippen LogP contribution in [0.25, 0.3) is 0 Å². The molecule has 1 saturated heterocycles. The third kappa shape index (κ3) is 6.58. The van der Waals surface area contributed by atoms with E-state index in [4.69, 9.17) is 4.74 Å². The van der Waals surface area contributed by atoms with Gasteiger partial charge in [-0.25, -0.2) is 8.42 Å². The molecular formula is C26H37N3O4S. The SMILES string of the molecule is COc1ccc(C(=O)N2CCN(CCC(C)(C)C)CC2)cc1S(=O)(=O)N(C)Cc1ccccc1. The molecule has 0 aromatic heterocycles. The average Bonchev–Trinajstić information content (AvgIpc) is 2.82. The van der Waals surface area contributed by atoms with Crippen LogP contribution in [0.5, 0.6) is 5.75 Å². The predicted octanol–water partition coefficient (Wildman–Crippen LogP) is 3.71. The van der Waals surface area contributed by atoms with Crippen LogP contribution >= 0.6 is 0 Å². The highest BCUT2D eigenvalue weighted by Crippen LogP contribution is 2.29. The summed E-state index contributed by atoms with van der Waals surface area (Å²) >= 11 is 0. The van der Waals surface area contributed by atoms with E-state index in [1.165, 1.54) is 24.5 Å². The van der Waals surface area contributed by atoms with Crippen molar-refractivity contribution in [2.45, 2.75) is 38.6 Å². The molecule has 0 atom stereocenters. The summed E-state index contributed by atoms with van der Waals surface area (Å²) in [6.07, 6.45) is 1.11. The molecule has 7 nitrogen and oxygen atoms in total. The number of methoxy groups -OCH3 is 1. The molecule has 0 bridgehead atoms. The monoisotopic (exact) mass is 487 g/mol. The van der Waals surface area contributed by atoms with Crippen LogP contribution in [0.15, 0.2) is 53.4 Å². The summed E-state index contributed by atoms with van der Waals surface area (Å²) in [6, 6.07) is 14.1. The number of carbonyl (C=O) groups excluding carboxylic acids is 1. The summed E-state index contributed by atoms with van der Waals surface area (Å²) in [5.41, 5.74) is 1.52. The summed E-state index contributed by atoms with van der Waals surface area (Å²) in [5.74, 6) is 0.0729. The number of hydrogen-bond donors (Lipinski definition) is 0. The maximum Gasteiger partial charge on any atom is 0.253 e. The smallest absolute Gasteiger partial charge is 0.253 e. The lowest BCUT2D eigenvalue weighted by Crippen LogP contribution is -2.49. The van der Waals surface area contributed by atoms with Crippen molar-refractivity contribution in [3.8, 4) is 5.75 Å². The number of nitrogens with zero attached hydrogens (tertiary/aromatic N) is 3. The quantitative estimate of drug-likeness (QED) is 0.568. The van der Waals surface area contributed by atoms with Crippen molar-refractivity contribution in [1.29, 1.82) is 0 Å². The zero-order valence-electron chi connectivity index (χ0n) is 21.0. The Hall–Kier alpha value is -2.42. The van der Waals surface area contributed by atoms with Gasteiger partial charge in [0.05, 0.1) is 7.11 Å². The molecule has 0 aliphatic carbocycles. The Morgan fingerprint density at radius 2 is 1.68 bits per heavy atom. The van der Waals surface area contributed by atoms with Gasteiger partial charge in [0.25, 0.3) is 5.91 Å². The first-order chi connectivity index (χ1) is 16.0. The fraction of sp³-hybridized carbons (Fsp3) is 0.500. The van der Waals surface area contributed by atoms with E-state index >= 15 is 0 Å². The lowest BCUT2D eigenvalue weighted by molar-refractivity contribution is 0.0623. The van der Waals surface area contributed by atoms with Crippen molar-refractivity contribution in [1.82, 2.24) is 14.1 Å². The Bertz CT molecular complexity index is 1070. The van der Waals surface area contributed by atoms with Gasteiger partial charge in [-0.3, -0.25) is 9.69 Å². The second-order valence-corrected chi connectivity index (χ2v) is 12.1. The second-order valence-electron chi connectivity index (χ2n) is 10.1. The summed E-state index contributed by atoms with van der Waals surface area (Å²) in [6.45, 7) is 10.9. The van der Waals surface area contributed by atoms with Gasteiger partial charge in [0.2, 0.25) is 10.0 Å². The van der Waals surface area contributed by atoms with Crippen molar-refractivity contribution in [3.63, 3.8) is 0 Å². The molecule has 0 saturated carbocycles. The molecule has 1 aliphatic heterocycles. The van der Waals surface area contributed by atoms with E-state index in [9.17, 15) is 13.2 Å². The van der Waals surface area contributed by atoms with Gasteiger partial charge in [-0.05, 0) is 42.1 Å². The second kappa shape index (κ2) is 10.9. The number of rotatable bonds is 8. The molecule has 0 radical (unpaired) electrons. The zero-order chi connectivity index (χ0) is 24.9. The van der Waals surface area contributed by atoms with Gasteiger partial charge in [0, 0.05) is 45.3 Å². The number of amides is 1. The molecule has 0 unspecified atom stereocenters. The van der Waals surface area contributed by atoms with Crippen molar-refractivity contribution in [3.05, 3.63) is 59.7 Å². The molecule has 1 heterocycles. The molecule has 0 N–H and O–H groups in total. The number of carbonyl (C=O) groups is 1. The third-order valence-electron chi connectivity index (χ3n) is 6.18. The predicted molar refractivity (Wildman–Crippen MR) is 135 cm³/mol. The first-order valence-corrected chi connectivity index (χ1v) is 13.2. The lowest BCUT2D eigenvalue weighted by atomic mass is 9.92. The molecule has 1 fully saturated rings. The molecule has 1 amide bonds. The minimum Gasteiger partial charge on any atom is -0.495 e. The van der Waals surface area contributed by atoms with Gasteiger partial charge in [0.1, 0.15) is 10.6 Å². The van der Waals surface area contributed by atoms with Crippen LogP contribution in [0.4, 0.5) is 0 Å². The lowest BCUT2D eigenvalue weighted by Gasteiger charge is -2.36. The van der Waals surface area contributed by atoms with E-state index in [-0.39, 0.29) is 28.5 Å². The van der Waals surface area contributed by atoms with Gasteiger partial charge in [-0.1, -0.05) is 51.1 Å². The fourth-order valence-corrected chi connectivity index (χ4v) is 5.29. The number of benzene rings is 2. The van der Waals surface area contributed by atoms with Crippen LogP contribution in [-0.2, 0) is 16.6 Å². The summed E-state index contributed by atoms with van der Waals surface area (Å²) < 4.78 is 33.4. The highest BCUT2D eigenvalue weighted by molar-refractivity contribution is 7.89. The highest BCUT2D eigenvalue weighted by atomic mass is 32.2. The van der Waals surface area contributed by atoms with Gasteiger partial charge >= 0.3 is 0 Å². The van der Waals surface area contributed by atoms with Crippen LogP contribution in [-0.4, -0.2) is 75.3 Å². The van der Waals surface area contributed by atoms with E-state index in [0.717, 1.165) is 31.6 Å². The van der Waals surface area contributed by atoms with Crippen LogP contribution in [0.1, 0.15) is 43.1 Å². The van der Waals surface area contributed by atoms with Gasteiger partial charge in [-0.2, -0.15) is 4.31 Å². The fourth-order valence-electron chi connectivity index (χ4n) is 3.96. The van der Waals surface area contributed by atoms with Gasteiger partial charge < -0.3 is 9.64 Å². The number of hydrogen-bond acceptors (Lipinski definition) is 5. The molecule has 0 spiro atoms. The van der Waals surface area contributed by atoms with E-state index in [1.807, 2.05) is 30.3 Å². The van der Waals surface area contributed by atoms with E-state index < -0.39 is 10.0 Å². The van der Waals surface area contributed by atoms with E-state index in [0.29, 0.717) is 18.7 Å². The molecular weight excluding hydrogens is 450 g/mol. The first-order valence-electron chi connectivity index (χ1n) is 11.7. The molecule has 1 aliphatic rings. The van der Waals surface area contributed by atoms with E-state index in [2.05, 4.69) is 25.7 Å². The molecule has 34 heavy (non-hydrogen) atoms. The molecule has 2 aromatic rings. The first kappa shape index (κ1) is 26.2. The number of ether oxygens (including phenoxy) is 1. The Morgan fingerprint density at radius 1 is 1.03 bits per heavy atom. The maximum atomic E-state index is 13.4. The standard InChI is InChI=1S/C26H37N3O4S/c1-26(2,3)13-14-28-15-17-29(18-16-28)25(30)22-11-12-23(33-5)24(19-22)34(31,32)27(4)20-21-9-7-6-8-10-21/h6-12,19H,13-18,20H2,1-5H3.